The van der Waals surface area contributed by atoms with Crippen molar-refractivity contribution in [3.63, 3.8) is 0 Å². The van der Waals surface area contributed by atoms with E-state index in [1.165, 1.54) is 23.2 Å². The summed E-state index contributed by atoms with van der Waals surface area (Å²) in [6.07, 6.45) is 0.778. The largest absolute Gasteiger partial charge is 0.444 e. The molecule has 7 nitrogen and oxygen atoms in total. The summed E-state index contributed by atoms with van der Waals surface area (Å²) in [6, 6.07) is 13.3. The molecule has 1 aliphatic rings. The Balaban J connectivity index is 1.83. The highest BCUT2D eigenvalue weighted by Gasteiger charge is 2.32. The summed E-state index contributed by atoms with van der Waals surface area (Å²) in [6.45, 7) is 5.25. The number of carbonyl (C=O) groups excluding carboxylic acids is 2. The highest BCUT2D eigenvalue weighted by molar-refractivity contribution is 7.90. The normalized spacial score (nSPS) is 14.6. The summed E-state index contributed by atoms with van der Waals surface area (Å²) < 4.78 is 33.0. The molecule has 2 aromatic carbocycles. The van der Waals surface area contributed by atoms with Crippen molar-refractivity contribution < 1.29 is 22.7 Å². The first-order valence-corrected chi connectivity index (χ1v) is 11.0. The number of rotatable bonds is 2. The zero-order valence-corrected chi connectivity index (χ0v) is 17.8. The van der Waals surface area contributed by atoms with Crippen LogP contribution in [0.5, 0.6) is 0 Å². The maximum atomic E-state index is 13.2. The molecule has 0 aliphatic carbocycles. The minimum absolute atomic E-state index is 0.138. The van der Waals surface area contributed by atoms with Crippen LogP contribution in [0, 0.1) is 0 Å². The summed E-state index contributed by atoms with van der Waals surface area (Å²) in [5, 5.41) is 0.549. The Morgan fingerprint density at radius 3 is 2.37 bits per heavy atom. The van der Waals surface area contributed by atoms with Crippen molar-refractivity contribution in [2.45, 2.75) is 37.8 Å². The van der Waals surface area contributed by atoms with Gasteiger partial charge < -0.3 is 4.74 Å². The molecule has 1 amide bonds. The number of carbonyl (C=O) groups is 2. The van der Waals surface area contributed by atoms with Crippen LogP contribution in [0.4, 0.5) is 4.79 Å². The van der Waals surface area contributed by atoms with Gasteiger partial charge in [-0.25, -0.2) is 17.2 Å². The molecule has 0 spiro atoms. The molecular formula is C22H22N2O5S. The van der Waals surface area contributed by atoms with E-state index in [-0.39, 0.29) is 29.3 Å². The second-order valence-corrected chi connectivity index (χ2v) is 10.0. The zero-order valence-electron chi connectivity index (χ0n) is 17.0. The fourth-order valence-corrected chi connectivity index (χ4v) is 4.94. The zero-order chi connectivity index (χ0) is 21.7. The van der Waals surface area contributed by atoms with Crippen molar-refractivity contribution in [3.8, 4) is 0 Å². The Bertz CT molecular complexity index is 1250. The smallest absolute Gasteiger partial charge is 0.411 e. The number of hydrogen-bond donors (Lipinski definition) is 0. The van der Waals surface area contributed by atoms with E-state index in [0.717, 1.165) is 3.97 Å². The minimum atomic E-state index is -3.87. The van der Waals surface area contributed by atoms with E-state index in [0.29, 0.717) is 16.5 Å². The molecule has 3 aromatic rings. The van der Waals surface area contributed by atoms with E-state index in [9.17, 15) is 18.0 Å². The van der Waals surface area contributed by atoms with E-state index >= 15 is 0 Å². The van der Waals surface area contributed by atoms with E-state index < -0.39 is 21.7 Å². The van der Waals surface area contributed by atoms with Crippen LogP contribution in [0.15, 0.2) is 59.6 Å². The summed E-state index contributed by atoms with van der Waals surface area (Å²) >= 11 is 0. The van der Waals surface area contributed by atoms with E-state index in [2.05, 4.69) is 0 Å². The number of ketones is 1. The summed E-state index contributed by atoms with van der Waals surface area (Å²) in [7, 11) is -3.87. The highest BCUT2D eigenvalue weighted by Crippen LogP contribution is 2.32. The molecule has 1 aromatic heterocycles. The number of hydrogen-bond acceptors (Lipinski definition) is 5. The van der Waals surface area contributed by atoms with Crippen LogP contribution in [-0.2, 0) is 21.3 Å². The maximum Gasteiger partial charge on any atom is 0.411 e. The van der Waals surface area contributed by atoms with E-state index in [1.807, 2.05) is 0 Å². The second kappa shape index (κ2) is 6.98. The average molecular weight is 426 g/mol. The number of benzene rings is 2. The molecule has 2 heterocycles. The Morgan fingerprint density at radius 1 is 1.00 bits per heavy atom. The first-order chi connectivity index (χ1) is 14.1. The van der Waals surface area contributed by atoms with Gasteiger partial charge in [-0.1, -0.05) is 30.3 Å². The maximum absolute atomic E-state index is 13.2. The summed E-state index contributed by atoms with van der Waals surface area (Å²) in [5.74, 6) is -0.335. The van der Waals surface area contributed by atoms with Crippen LogP contribution < -0.4 is 0 Å². The van der Waals surface area contributed by atoms with Gasteiger partial charge in [-0.05, 0) is 44.5 Å². The molecule has 1 aliphatic heterocycles. The van der Waals surface area contributed by atoms with Gasteiger partial charge in [0.2, 0.25) is 0 Å². The molecular weight excluding hydrogens is 404 g/mol. The van der Waals surface area contributed by atoms with Gasteiger partial charge in [0.25, 0.3) is 10.0 Å². The molecule has 0 atom stereocenters. The molecule has 0 saturated heterocycles. The van der Waals surface area contributed by atoms with Gasteiger partial charge in [-0.15, -0.1) is 0 Å². The number of nitrogens with zero attached hydrogens (tertiary/aromatic N) is 2. The van der Waals surface area contributed by atoms with Crippen LogP contribution in [0.25, 0.3) is 10.9 Å². The van der Waals surface area contributed by atoms with Crippen molar-refractivity contribution in [1.29, 1.82) is 0 Å². The van der Waals surface area contributed by atoms with Crippen LogP contribution in [0.3, 0.4) is 0 Å². The Labute approximate surface area is 174 Å². The monoisotopic (exact) mass is 426 g/mol. The Morgan fingerprint density at radius 2 is 1.70 bits per heavy atom. The number of amides is 1. The van der Waals surface area contributed by atoms with Crippen LogP contribution in [0.2, 0.25) is 0 Å². The summed E-state index contributed by atoms with van der Waals surface area (Å²) in [4.78, 5) is 27.0. The summed E-state index contributed by atoms with van der Waals surface area (Å²) in [5.41, 5.74) is 0.700. The van der Waals surface area contributed by atoms with E-state index in [4.69, 9.17) is 4.74 Å². The van der Waals surface area contributed by atoms with Crippen LogP contribution >= 0.6 is 0 Å². The quantitative estimate of drug-likeness (QED) is 0.622. The van der Waals surface area contributed by atoms with Gasteiger partial charge in [-0.3, -0.25) is 9.69 Å². The molecule has 0 unspecified atom stereocenters. The van der Waals surface area contributed by atoms with Gasteiger partial charge in [0, 0.05) is 17.1 Å². The predicted octanol–water partition coefficient (Wildman–Crippen LogP) is 3.81. The minimum Gasteiger partial charge on any atom is -0.444 e. The molecule has 0 saturated carbocycles. The molecule has 4 rings (SSSR count). The topological polar surface area (TPSA) is 85.7 Å². The lowest BCUT2D eigenvalue weighted by molar-refractivity contribution is 0.0235. The fourth-order valence-electron chi connectivity index (χ4n) is 3.56. The first-order valence-electron chi connectivity index (χ1n) is 9.52. The van der Waals surface area contributed by atoms with E-state index in [1.54, 1.807) is 57.2 Å². The Hall–Kier alpha value is -3.13. The van der Waals surface area contributed by atoms with Crippen molar-refractivity contribution >= 4 is 32.8 Å². The van der Waals surface area contributed by atoms with Crippen molar-refractivity contribution in [2.24, 2.45) is 0 Å². The van der Waals surface area contributed by atoms with Crippen LogP contribution in [0.1, 0.15) is 36.7 Å². The third-order valence-corrected chi connectivity index (χ3v) is 6.52. The van der Waals surface area contributed by atoms with Gasteiger partial charge in [0.1, 0.15) is 5.60 Å². The molecule has 156 valence electrons. The first kappa shape index (κ1) is 20.2. The lowest BCUT2D eigenvalue weighted by atomic mass is 10.1. The average Bonchev–Trinajstić information content (AvgIpc) is 3.01. The second-order valence-electron chi connectivity index (χ2n) is 8.23. The Kier molecular flexibility index (Phi) is 4.69. The van der Waals surface area contributed by atoms with Crippen LogP contribution in [-0.4, -0.2) is 41.3 Å². The molecule has 0 radical (unpaired) electrons. The SMILES string of the molecule is CC(C)(C)OC(=O)N1CC(=O)c2cn(S(=O)(=O)c3ccccc3)c3cccc(c23)C1. The number of ether oxygens (including phenoxy) is 1. The standard InChI is InChI=1S/C22H22N2O5S/c1-22(2,3)29-21(26)23-12-15-8-7-11-18-20(15)17(19(25)14-23)13-24(18)30(27,28)16-9-5-4-6-10-16/h4-11,13H,12,14H2,1-3H3. The number of Topliss-reactive ketones (excluding diaryl/α,β-unsaturated/α-hetero) is 1. The molecule has 0 N–H and O–H groups in total. The molecule has 8 heteroatoms. The highest BCUT2D eigenvalue weighted by atomic mass is 32.2. The van der Waals surface area contributed by atoms with Gasteiger partial charge in [0.15, 0.2) is 5.78 Å². The lowest BCUT2D eigenvalue weighted by Gasteiger charge is -2.26. The third kappa shape index (κ3) is 3.47. The lowest BCUT2D eigenvalue weighted by Crippen LogP contribution is -2.38. The van der Waals surface area contributed by atoms with Gasteiger partial charge in [-0.2, -0.15) is 0 Å². The van der Waals surface area contributed by atoms with Crippen molar-refractivity contribution in [3.05, 3.63) is 65.9 Å². The fraction of sp³-hybridized carbons (Fsp3) is 0.273. The third-order valence-electron chi connectivity index (χ3n) is 4.83. The van der Waals surface area contributed by atoms with Crippen molar-refractivity contribution in [2.75, 3.05) is 6.54 Å². The molecule has 0 fully saturated rings. The van der Waals surface area contributed by atoms with Gasteiger partial charge in [0.05, 0.1) is 23.5 Å². The predicted molar refractivity (Wildman–Crippen MR) is 112 cm³/mol. The number of aromatic nitrogens is 1. The molecule has 0 bridgehead atoms. The molecule has 30 heavy (non-hydrogen) atoms. The van der Waals surface area contributed by atoms with Gasteiger partial charge >= 0.3 is 6.09 Å². The van der Waals surface area contributed by atoms with Crippen molar-refractivity contribution in [1.82, 2.24) is 8.87 Å².